The van der Waals surface area contributed by atoms with Crippen LogP contribution in [0, 0.1) is 11.6 Å². The fourth-order valence-corrected chi connectivity index (χ4v) is 2.94. The molecule has 1 unspecified atom stereocenters. The number of anilines is 1. The van der Waals surface area contributed by atoms with Crippen molar-refractivity contribution in [3.8, 4) is 0 Å². The topological polar surface area (TPSA) is 18.5 Å². The summed E-state index contributed by atoms with van der Waals surface area (Å²) in [6.07, 6.45) is 1.96. The van der Waals surface area contributed by atoms with Gasteiger partial charge in [-0.3, -0.25) is 0 Å². The summed E-state index contributed by atoms with van der Waals surface area (Å²) in [5.74, 6) is -0.915. The summed E-state index contributed by atoms with van der Waals surface area (Å²) in [5.41, 5.74) is 0.767. The van der Waals surface area contributed by atoms with Gasteiger partial charge in [0.1, 0.15) is 17.3 Å². The summed E-state index contributed by atoms with van der Waals surface area (Å²) in [7, 11) is 5.73. The Bertz CT molecular complexity index is 439. The lowest BCUT2D eigenvalue weighted by Gasteiger charge is -2.29. The molecule has 0 spiro atoms. The smallest absolute Gasteiger partial charge is 0.149 e. The van der Waals surface area contributed by atoms with Gasteiger partial charge in [0.2, 0.25) is 0 Å². The molecule has 0 bridgehead atoms. The van der Waals surface area contributed by atoms with Crippen molar-refractivity contribution in [2.45, 2.75) is 25.4 Å². The number of rotatable bonds is 5. The van der Waals surface area contributed by atoms with Crippen LogP contribution >= 0.6 is 0 Å². The van der Waals surface area contributed by atoms with Gasteiger partial charge in [-0.25, -0.2) is 8.78 Å². The molecular weight excluding hydrogens is 260 g/mol. The number of likely N-dealkylation sites (N-methyl/N-ethyl adjacent to an activating group) is 1. The lowest BCUT2D eigenvalue weighted by Crippen LogP contribution is -2.38. The molecule has 0 radical (unpaired) electrons. The van der Waals surface area contributed by atoms with Crippen molar-refractivity contribution >= 4 is 5.69 Å². The van der Waals surface area contributed by atoms with Gasteiger partial charge in [-0.2, -0.15) is 0 Å². The molecule has 1 aromatic rings. The molecule has 1 fully saturated rings. The van der Waals surface area contributed by atoms with Crippen molar-refractivity contribution in [1.82, 2.24) is 10.2 Å². The zero-order valence-electron chi connectivity index (χ0n) is 12.4. The van der Waals surface area contributed by atoms with Gasteiger partial charge in [-0.15, -0.1) is 0 Å². The number of halogens is 2. The molecule has 0 aromatic heterocycles. The van der Waals surface area contributed by atoms with Gasteiger partial charge in [-0.1, -0.05) is 0 Å². The fraction of sp³-hybridized carbons (Fsp3) is 0.600. The monoisotopic (exact) mass is 283 g/mol. The standard InChI is InChI=1S/C15H23F2N3/c1-18-9-11-7-13(16)15(14(17)8-11)20-6-4-5-12(20)10-19(2)3/h7-8,12,18H,4-6,9-10H2,1-3H3. The van der Waals surface area contributed by atoms with E-state index in [1.54, 1.807) is 7.05 Å². The van der Waals surface area contributed by atoms with E-state index in [0.717, 1.165) is 25.9 Å². The van der Waals surface area contributed by atoms with Crippen LogP contribution in [0.1, 0.15) is 18.4 Å². The molecule has 0 amide bonds. The van der Waals surface area contributed by atoms with E-state index in [2.05, 4.69) is 10.2 Å². The van der Waals surface area contributed by atoms with E-state index < -0.39 is 11.6 Å². The maximum Gasteiger partial charge on any atom is 0.149 e. The first kappa shape index (κ1) is 15.2. The van der Waals surface area contributed by atoms with Crippen LogP contribution in [0.5, 0.6) is 0 Å². The van der Waals surface area contributed by atoms with Crippen LogP contribution in [-0.4, -0.2) is 45.2 Å². The summed E-state index contributed by atoms with van der Waals surface area (Å²) < 4.78 is 28.5. The Hall–Kier alpha value is -1.20. The highest BCUT2D eigenvalue weighted by Gasteiger charge is 2.29. The fourth-order valence-electron chi connectivity index (χ4n) is 2.94. The van der Waals surface area contributed by atoms with Gasteiger partial charge in [0.15, 0.2) is 0 Å². The van der Waals surface area contributed by atoms with Crippen LogP contribution in [0.3, 0.4) is 0 Å². The molecule has 1 N–H and O–H groups in total. The molecule has 0 saturated carbocycles. The molecule has 1 heterocycles. The molecule has 3 nitrogen and oxygen atoms in total. The van der Waals surface area contributed by atoms with Gasteiger partial charge in [0.25, 0.3) is 0 Å². The van der Waals surface area contributed by atoms with Crippen molar-refractivity contribution in [3.05, 3.63) is 29.3 Å². The second-order valence-electron chi connectivity index (χ2n) is 5.69. The molecule has 1 atom stereocenters. The van der Waals surface area contributed by atoms with E-state index in [-0.39, 0.29) is 11.7 Å². The molecule has 1 aliphatic rings. The minimum atomic E-state index is -0.457. The Kier molecular flexibility index (Phi) is 4.94. The maximum absolute atomic E-state index is 14.3. The first-order chi connectivity index (χ1) is 9.52. The molecule has 112 valence electrons. The highest BCUT2D eigenvalue weighted by molar-refractivity contribution is 5.52. The Morgan fingerprint density at radius 3 is 2.50 bits per heavy atom. The number of nitrogens with zero attached hydrogens (tertiary/aromatic N) is 2. The minimum absolute atomic E-state index is 0.134. The zero-order valence-corrected chi connectivity index (χ0v) is 12.4. The summed E-state index contributed by atoms with van der Waals surface area (Å²) in [5, 5.41) is 2.91. The molecule has 2 rings (SSSR count). The second kappa shape index (κ2) is 6.50. The molecule has 5 heteroatoms. The zero-order chi connectivity index (χ0) is 14.7. The van der Waals surface area contributed by atoms with Gasteiger partial charge < -0.3 is 15.1 Å². The molecule has 0 aliphatic carbocycles. The van der Waals surface area contributed by atoms with E-state index in [4.69, 9.17) is 0 Å². The highest BCUT2D eigenvalue weighted by Crippen LogP contribution is 2.31. The summed E-state index contributed by atoms with van der Waals surface area (Å²) in [4.78, 5) is 3.95. The predicted molar refractivity (Wildman–Crippen MR) is 78.0 cm³/mol. The van der Waals surface area contributed by atoms with Crippen LogP contribution in [0.15, 0.2) is 12.1 Å². The van der Waals surface area contributed by atoms with Gasteiger partial charge in [0, 0.05) is 25.7 Å². The van der Waals surface area contributed by atoms with E-state index in [1.165, 1.54) is 12.1 Å². The summed E-state index contributed by atoms with van der Waals surface area (Å²) in [6.45, 7) is 2.00. The molecule has 1 saturated heterocycles. The first-order valence-electron chi connectivity index (χ1n) is 7.06. The molecule has 1 aromatic carbocycles. The number of nitrogens with one attached hydrogen (secondary N) is 1. The largest absolute Gasteiger partial charge is 0.363 e. The first-order valence-corrected chi connectivity index (χ1v) is 7.06. The average molecular weight is 283 g/mol. The number of benzene rings is 1. The molecule has 1 aliphatic heterocycles. The van der Waals surface area contributed by atoms with Gasteiger partial charge in [0.05, 0.1) is 0 Å². The number of hydrogen-bond donors (Lipinski definition) is 1. The minimum Gasteiger partial charge on any atom is -0.363 e. The Morgan fingerprint density at radius 2 is 1.95 bits per heavy atom. The molecule has 20 heavy (non-hydrogen) atoms. The van der Waals surface area contributed by atoms with Gasteiger partial charge >= 0.3 is 0 Å². The lowest BCUT2D eigenvalue weighted by molar-refractivity contribution is 0.370. The Labute approximate surface area is 119 Å². The third-order valence-corrected chi connectivity index (χ3v) is 3.70. The van der Waals surface area contributed by atoms with Crippen LogP contribution in [0.25, 0.3) is 0 Å². The van der Waals surface area contributed by atoms with E-state index in [1.807, 2.05) is 19.0 Å². The quantitative estimate of drug-likeness (QED) is 0.894. The predicted octanol–water partition coefficient (Wildman–Crippen LogP) is 2.21. The molecular formula is C15H23F2N3. The SMILES string of the molecule is CNCc1cc(F)c(N2CCCC2CN(C)C)c(F)c1. The van der Waals surface area contributed by atoms with Crippen LogP contribution in [0.2, 0.25) is 0 Å². The van der Waals surface area contributed by atoms with Crippen molar-refractivity contribution in [3.63, 3.8) is 0 Å². The maximum atomic E-state index is 14.3. The summed E-state index contributed by atoms with van der Waals surface area (Å²) in [6, 6.07) is 3.05. The third kappa shape index (κ3) is 3.27. The number of hydrogen-bond acceptors (Lipinski definition) is 3. The highest BCUT2D eigenvalue weighted by atomic mass is 19.1. The second-order valence-corrected chi connectivity index (χ2v) is 5.69. The van der Waals surface area contributed by atoms with Crippen LogP contribution in [0.4, 0.5) is 14.5 Å². The third-order valence-electron chi connectivity index (χ3n) is 3.70. The normalized spacial score (nSPS) is 19.1. The van der Waals surface area contributed by atoms with Crippen molar-refractivity contribution in [2.75, 3.05) is 39.1 Å². The Morgan fingerprint density at radius 1 is 1.30 bits per heavy atom. The summed E-state index contributed by atoms with van der Waals surface area (Å²) >= 11 is 0. The van der Waals surface area contributed by atoms with E-state index >= 15 is 0 Å². The van der Waals surface area contributed by atoms with Crippen LogP contribution < -0.4 is 10.2 Å². The van der Waals surface area contributed by atoms with E-state index in [0.29, 0.717) is 12.1 Å². The van der Waals surface area contributed by atoms with Crippen molar-refractivity contribution in [2.24, 2.45) is 0 Å². The Balaban J connectivity index is 2.27. The van der Waals surface area contributed by atoms with E-state index in [9.17, 15) is 8.78 Å². The van der Waals surface area contributed by atoms with Crippen LogP contribution in [-0.2, 0) is 6.54 Å². The average Bonchev–Trinajstić information content (AvgIpc) is 2.76. The van der Waals surface area contributed by atoms with Gasteiger partial charge in [-0.05, 0) is 51.7 Å². The van der Waals surface area contributed by atoms with Crippen molar-refractivity contribution in [1.29, 1.82) is 0 Å². The lowest BCUT2D eigenvalue weighted by atomic mass is 10.1. The van der Waals surface area contributed by atoms with Crippen molar-refractivity contribution < 1.29 is 8.78 Å².